The summed E-state index contributed by atoms with van der Waals surface area (Å²) in [5, 5.41) is 14.6. The Morgan fingerprint density at radius 2 is 1.03 bits per heavy atom. The summed E-state index contributed by atoms with van der Waals surface area (Å²) < 4.78 is 22.0. The number of fused-ring (bicyclic) bond motifs is 4. The lowest BCUT2D eigenvalue weighted by Crippen LogP contribution is -2.38. The minimum Gasteiger partial charge on any atom is -0.324 e. The maximum absolute atomic E-state index is 14.7. The number of rotatable bonds is 9. The number of hydrogen-bond donors (Lipinski definition) is 4. The van der Waals surface area contributed by atoms with Crippen molar-refractivity contribution in [2.75, 3.05) is 23.7 Å². The zero-order chi connectivity index (χ0) is 50.5. The van der Waals surface area contributed by atoms with Gasteiger partial charge in [-0.2, -0.15) is 9.97 Å². The highest BCUT2D eigenvalue weighted by atomic mass is 19.1. The largest absolute Gasteiger partial charge is 0.324 e. The molecule has 0 bridgehead atoms. The first-order valence-corrected chi connectivity index (χ1v) is 25.1. The number of alkyl halides is 1. The van der Waals surface area contributed by atoms with E-state index in [1.165, 1.54) is 36.1 Å². The molecule has 2 aromatic carbocycles. The van der Waals surface area contributed by atoms with Crippen LogP contribution in [0.15, 0.2) is 95.0 Å². The number of benzene rings is 2. The smallest absolute Gasteiger partial charge is 0.278 e. The third-order valence-corrected chi connectivity index (χ3v) is 14.3. The van der Waals surface area contributed by atoms with Gasteiger partial charge in [-0.15, -0.1) is 0 Å². The lowest BCUT2D eigenvalue weighted by Gasteiger charge is -2.33. The average molecular weight is 971 g/mol. The van der Waals surface area contributed by atoms with Crippen molar-refractivity contribution in [3.63, 3.8) is 0 Å². The summed E-state index contributed by atoms with van der Waals surface area (Å²) in [7, 11) is 0. The second-order valence-electron chi connectivity index (χ2n) is 22.7. The lowest BCUT2D eigenvalue weighted by atomic mass is 9.79. The highest BCUT2D eigenvalue weighted by Crippen LogP contribution is 2.39. The van der Waals surface area contributed by atoms with Gasteiger partial charge in [0, 0.05) is 84.3 Å². The minimum atomic E-state index is -1.61. The van der Waals surface area contributed by atoms with Gasteiger partial charge < -0.3 is 21.3 Å². The molecule has 4 N–H and O–H groups in total. The molecule has 0 atom stereocenters. The normalized spacial score (nSPS) is 17.2. The Hall–Kier alpha value is -7.11. The molecule has 0 radical (unpaired) electrons. The quantitative estimate of drug-likeness (QED) is 0.108. The van der Waals surface area contributed by atoms with Crippen LogP contribution in [0.3, 0.4) is 0 Å². The molecule has 0 amide bonds. The number of aromatic nitrogens is 10. The van der Waals surface area contributed by atoms with Gasteiger partial charge in [0.15, 0.2) is 11.3 Å². The van der Waals surface area contributed by atoms with Gasteiger partial charge in [-0.3, -0.25) is 19.6 Å². The SMILES string of the molecule is CC(C)(C)c1cc(-n2c3nc(Nc4ccc5c(c4)CNCC5(C)C)ncc3c(=O)n2C2CC2)ccn1.CC(C)(F)c1cc(-n2c3nc(Nc4ccc5c(c4)CNCC5(C)C)ncc3c(=O)n2C2CC2)ccn1. The molecule has 72 heavy (non-hydrogen) atoms. The Morgan fingerprint density at radius 1 is 0.597 bits per heavy atom. The fourth-order valence-corrected chi connectivity index (χ4v) is 10.2. The summed E-state index contributed by atoms with van der Waals surface area (Å²) in [6, 6.07) is 20.5. The number of pyridine rings is 2. The van der Waals surface area contributed by atoms with E-state index in [9.17, 15) is 14.0 Å². The summed E-state index contributed by atoms with van der Waals surface area (Å²) in [6.07, 6.45) is 10.4. The molecule has 0 unspecified atom stereocenters. The molecule has 17 heteroatoms. The third kappa shape index (κ3) is 8.86. The van der Waals surface area contributed by atoms with E-state index in [-0.39, 0.29) is 39.4 Å². The maximum atomic E-state index is 14.7. The molecule has 12 rings (SSSR count). The van der Waals surface area contributed by atoms with Gasteiger partial charge >= 0.3 is 0 Å². The molecule has 6 aromatic heterocycles. The van der Waals surface area contributed by atoms with Crippen molar-refractivity contribution in [3.8, 4) is 11.4 Å². The summed E-state index contributed by atoms with van der Waals surface area (Å²) in [4.78, 5) is 54.1. The van der Waals surface area contributed by atoms with E-state index in [0.29, 0.717) is 45.3 Å². The summed E-state index contributed by atoms with van der Waals surface area (Å²) in [5.74, 6) is 0.865. The van der Waals surface area contributed by atoms with Crippen molar-refractivity contribution in [1.82, 2.24) is 59.3 Å². The van der Waals surface area contributed by atoms with Crippen LogP contribution >= 0.6 is 0 Å². The predicted octanol–water partition coefficient (Wildman–Crippen LogP) is 9.38. The van der Waals surface area contributed by atoms with Gasteiger partial charge in [0.2, 0.25) is 11.9 Å². The number of nitrogens with one attached hydrogen (secondary N) is 4. The highest BCUT2D eigenvalue weighted by molar-refractivity contribution is 5.79. The van der Waals surface area contributed by atoms with Gasteiger partial charge in [-0.1, -0.05) is 60.6 Å². The Bertz CT molecular complexity index is 3310. The van der Waals surface area contributed by atoms with Crippen LogP contribution in [-0.2, 0) is 35.0 Å². The molecule has 2 fully saturated rings. The van der Waals surface area contributed by atoms with Crippen molar-refractivity contribution in [2.24, 2.45) is 0 Å². The van der Waals surface area contributed by atoms with Gasteiger partial charge in [0.25, 0.3) is 11.1 Å². The van der Waals surface area contributed by atoms with E-state index in [4.69, 9.17) is 9.97 Å². The molecule has 0 saturated heterocycles. The van der Waals surface area contributed by atoms with E-state index in [2.05, 4.69) is 126 Å². The van der Waals surface area contributed by atoms with Crippen molar-refractivity contribution < 1.29 is 4.39 Å². The highest BCUT2D eigenvalue weighted by Gasteiger charge is 2.34. The van der Waals surface area contributed by atoms with Gasteiger partial charge in [0.1, 0.15) is 16.4 Å². The van der Waals surface area contributed by atoms with Gasteiger partial charge in [-0.25, -0.2) is 33.1 Å². The number of hydrogen-bond acceptors (Lipinski definition) is 12. The van der Waals surface area contributed by atoms with Crippen molar-refractivity contribution >= 4 is 45.3 Å². The fraction of sp³-hybridized carbons (Fsp3) is 0.418. The summed E-state index contributed by atoms with van der Waals surface area (Å²) in [5.41, 5.74) is 9.20. The zero-order valence-corrected chi connectivity index (χ0v) is 42.6. The predicted molar refractivity (Wildman–Crippen MR) is 280 cm³/mol. The van der Waals surface area contributed by atoms with Crippen LogP contribution in [0.1, 0.15) is 134 Å². The van der Waals surface area contributed by atoms with E-state index < -0.39 is 5.67 Å². The monoisotopic (exact) mass is 971 g/mol. The van der Waals surface area contributed by atoms with E-state index in [1.54, 1.807) is 40.1 Å². The average Bonchev–Trinajstić information content (AvgIpc) is 4.29. The molecule has 2 aliphatic heterocycles. The molecule has 4 aliphatic rings. The van der Waals surface area contributed by atoms with Crippen LogP contribution < -0.4 is 32.4 Å². The molecule has 2 saturated carbocycles. The number of anilines is 4. The second kappa shape index (κ2) is 17.3. The van der Waals surface area contributed by atoms with Crippen molar-refractivity contribution in [3.05, 3.63) is 140 Å². The van der Waals surface area contributed by atoms with Crippen LogP contribution in [0, 0.1) is 0 Å². The maximum Gasteiger partial charge on any atom is 0.278 e. The topological polar surface area (TPSA) is 179 Å². The van der Waals surface area contributed by atoms with Crippen LogP contribution in [0.25, 0.3) is 33.4 Å². The zero-order valence-electron chi connectivity index (χ0n) is 42.6. The number of nitrogens with zero attached hydrogens (tertiary/aromatic N) is 10. The summed E-state index contributed by atoms with van der Waals surface area (Å²) >= 11 is 0. The Morgan fingerprint density at radius 3 is 1.44 bits per heavy atom. The van der Waals surface area contributed by atoms with Crippen molar-refractivity contribution in [2.45, 2.75) is 135 Å². The second-order valence-corrected chi connectivity index (χ2v) is 22.7. The van der Waals surface area contributed by atoms with Crippen LogP contribution in [0.5, 0.6) is 0 Å². The van der Waals surface area contributed by atoms with E-state index >= 15 is 0 Å². The molecule has 2 aliphatic carbocycles. The molecule has 8 heterocycles. The Kier molecular flexibility index (Phi) is 11.3. The third-order valence-electron chi connectivity index (χ3n) is 14.3. The standard InChI is InChI=1S/C28H33N7O.C27H30FN7O/c1-27(2,3)23-13-20(10-11-30-23)34-24-21(25(36)35(34)19-7-8-19)15-31-26(33-24)32-18-6-9-22-17(12-18)14-29-16-28(22,4)5;1-26(2)15-29-13-16-11-17(5-8-21(16)26)32-25-31-14-20-23(33-25)34(35(24(20)36)18-6-7-18)19-9-10-30-22(12-19)27(3,4)28/h6,9-13,15,19,29H,7-8,14,16H2,1-5H3,(H,31,32,33);5,8-12,14,18,29H,6-7,13,15H2,1-4H3,(H,31,32,33). The first-order chi connectivity index (χ1) is 34.2. The fourth-order valence-electron chi connectivity index (χ4n) is 10.2. The van der Waals surface area contributed by atoms with Crippen LogP contribution in [-0.4, -0.2) is 61.7 Å². The number of halogens is 1. The van der Waals surface area contributed by atoms with Crippen molar-refractivity contribution in [1.29, 1.82) is 0 Å². The molecular formula is C55H63FN14O2. The molecule has 16 nitrogen and oxygen atoms in total. The molecule has 372 valence electrons. The molecule has 0 spiro atoms. The molecular weight excluding hydrogens is 908 g/mol. The van der Waals surface area contributed by atoms with Crippen LogP contribution in [0.2, 0.25) is 0 Å². The summed E-state index contributed by atoms with van der Waals surface area (Å²) in [6.45, 7) is 21.9. The van der Waals surface area contributed by atoms with Crippen LogP contribution in [0.4, 0.5) is 27.7 Å². The first-order valence-electron chi connectivity index (χ1n) is 25.1. The minimum absolute atomic E-state index is 0.0461. The first kappa shape index (κ1) is 47.2. The Labute approximate surface area is 417 Å². The van der Waals surface area contributed by atoms with E-state index in [1.807, 2.05) is 27.7 Å². The van der Waals surface area contributed by atoms with E-state index in [0.717, 1.165) is 74.6 Å². The van der Waals surface area contributed by atoms with Gasteiger partial charge in [-0.05, 0) is 110 Å². The Balaban J connectivity index is 0.000000156. The van der Waals surface area contributed by atoms with Gasteiger partial charge in [0.05, 0.1) is 29.2 Å². The lowest BCUT2D eigenvalue weighted by molar-refractivity contribution is 0.214. The molecule has 8 aromatic rings.